The van der Waals surface area contributed by atoms with Gasteiger partial charge in [0.2, 0.25) is 5.95 Å². The van der Waals surface area contributed by atoms with Crippen molar-refractivity contribution in [3.63, 3.8) is 0 Å². The first-order valence-corrected chi connectivity index (χ1v) is 9.37. The Morgan fingerprint density at radius 3 is 1.85 bits per heavy atom. The molecule has 0 fully saturated rings. The molecule has 3 heterocycles. The van der Waals surface area contributed by atoms with E-state index in [4.69, 9.17) is 4.98 Å². The van der Waals surface area contributed by atoms with Gasteiger partial charge in [-0.15, -0.1) is 0 Å². The van der Waals surface area contributed by atoms with E-state index in [1.54, 1.807) is 0 Å². The summed E-state index contributed by atoms with van der Waals surface area (Å²) in [6, 6.07) is 8.43. The highest BCUT2D eigenvalue weighted by Crippen LogP contribution is 2.25. The van der Waals surface area contributed by atoms with Crippen molar-refractivity contribution in [2.45, 2.75) is 45.7 Å². The Morgan fingerprint density at radius 2 is 1.33 bits per heavy atom. The lowest BCUT2D eigenvalue weighted by Crippen LogP contribution is -2.15. The molecule has 0 saturated heterocycles. The third-order valence-electron chi connectivity index (χ3n) is 4.62. The molecule has 3 aromatic heterocycles. The first kappa shape index (κ1) is 18.8. The molecule has 3 aromatic rings. The molecule has 0 aliphatic carbocycles. The second-order valence-electron chi connectivity index (χ2n) is 6.50. The van der Waals surface area contributed by atoms with Gasteiger partial charge in [-0.25, -0.2) is 4.98 Å². The average molecular weight is 362 g/mol. The van der Waals surface area contributed by atoms with Crippen LogP contribution in [0.3, 0.4) is 0 Å². The smallest absolute Gasteiger partial charge is 0.225 e. The summed E-state index contributed by atoms with van der Waals surface area (Å²) in [5, 5.41) is 7.00. The Morgan fingerprint density at radius 1 is 0.815 bits per heavy atom. The van der Waals surface area contributed by atoms with Crippen LogP contribution in [-0.4, -0.2) is 19.9 Å². The molecule has 27 heavy (non-hydrogen) atoms. The Labute approximate surface area is 160 Å². The van der Waals surface area contributed by atoms with E-state index in [1.165, 1.54) is 11.1 Å². The van der Waals surface area contributed by atoms with E-state index in [1.807, 2.05) is 62.2 Å². The number of hydrogen-bond acceptors (Lipinski definition) is 6. The first-order chi connectivity index (χ1) is 13.2. The summed E-state index contributed by atoms with van der Waals surface area (Å²) in [7, 11) is 0. The van der Waals surface area contributed by atoms with Crippen LogP contribution in [0.1, 0.15) is 55.5 Å². The molecule has 140 valence electrons. The van der Waals surface area contributed by atoms with Gasteiger partial charge in [0, 0.05) is 36.5 Å². The maximum atomic E-state index is 4.73. The quantitative estimate of drug-likeness (QED) is 0.605. The van der Waals surface area contributed by atoms with Crippen LogP contribution in [0.5, 0.6) is 0 Å². The zero-order valence-electron chi connectivity index (χ0n) is 16.1. The molecule has 0 aliphatic heterocycles. The van der Waals surface area contributed by atoms with Gasteiger partial charge in [0.25, 0.3) is 0 Å². The molecule has 6 heteroatoms. The molecule has 0 aliphatic rings. The van der Waals surface area contributed by atoms with E-state index in [9.17, 15) is 0 Å². The molecule has 6 nitrogen and oxygen atoms in total. The lowest BCUT2D eigenvalue weighted by molar-refractivity contribution is 0.728. The van der Waals surface area contributed by atoms with Gasteiger partial charge in [-0.3, -0.25) is 9.97 Å². The normalized spacial score (nSPS) is 13.0. The van der Waals surface area contributed by atoms with Gasteiger partial charge in [-0.1, -0.05) is 13.8 Å². The van der Waals surface area contributed by atoms with Crippen molar-refractivity contribution >= 4 is 11.8 Å². The number of hydrogen-bond donors (Lipinski definition) is 2. The van der Waals surface area contributed by atoms with Crippen LogP contribution in [0.2, 0.25) is 0 Å². The molecule has 0 bridgehead atoms. The highest BCUT2D eigenvalue weighted by molar-refractivity contribution is 5.48. The molecule has 0 amide bonds. The van der Waals surface area contributed by atoms with E-state index < -0.39 is 0 Å². The Bertz CT molecular complexity index is 838. The van der Waals surface area contributed by atoms with Gasteiger partial charge in [0.1, 0.15) is 5.82 Å². The van der Waals surface area contributed by atoms with Gasteiger partial charge in [-0.2, -0.15) is 4.98 Å². The fraction of sp³-hybridized carbons (Fsp3) is 0.333. The van der Waals surface area contributed by atoms with Gasteiger partial charge >= 0.3 is 0 Å². The number of pyridine rings is 2. The lowest BCUT2D eigenvalue weighted by atomic mass is 10.1. The fourth-order valence-electron chi connectivity index (χ4n) is 3.01. The van der Waals surface area contributed by atoms with Crippen molar-refractivity contribution in [1.29, 1.82) is 0 Å². The Kier molecular flexibility index (Phi) is 6.30. The van der Waals surface area contributed by atoms with E-state index in [2.05, 4.69) is 39.4 Å². The zero-order chi connectivity index (χ0) is 19.1. The topological polar surface area (TPSA) is 75.6 Å². The van der Waals surface area contributed by atoms with E-state index in [0.717, 1.165) is 24.2 Å². The maximum absolute atomic E-state index is 4.73. The maximum Gasteiger partial charge on any atom is 0.225 e. The first-order valence-electron chi connectivity index (χ1n) is 9.37. The molecule has 0 aromatic carbocycles. The van der Waals surface area contributed by atoms with Crippen molar-refractivity contribution in [3.05, 3.63) is 71.9 Å². The summed E-state index contributed by atoms with van der Waals surface area (Å²) in [5.74, 6) is 1.47. The highest BCUT2D eigenvalue weighted by atomic mass is 15.2. The van der Waals surface area contributed by atoms with Crippen LogP contribution < -0.4 is 10.6 Å². The molecular weight excluding hydrogens is 336 g/mol. The van der Waals surface area contributed by atoms with Gasteiger partial charge < -0.3 is 10.6 Å². The molecule has 3 rings (SSSR count). The SMILES string of the molecule is CCC(Nc1ncc(C)c(NC(CC)c2ccncc2)n1)c1ccncc1. The molecule has 2 N–H and O–H groups in total. The van der Waals surface area contributed by atoms with Crippen molar-refractivity contribution in [2.75, 3.05) is 10.6 Å². The second kappa shape index (κ2) is 9.07. The van der Waals surface area contributed by atoms with E-state index in [0.29, 0.717) is 5.95 Å². The summed E-state index contributed by atoms with van der Waals surface area (Å²) in [5.41, 5.74) is 3.39. The number of anilines is 2. The van der Waals surface area contributed by atoms with Crippen LogP contribution in [0, 0.1) is 6.92 Å². The summed E-state index contributed by atoms with van der Waals surface area (Å²) in [4.78, 5) is 17.4. The van der Waals surface area contributed by atoms with Crippen LogP contribution in [0.4, 0.5) is 11.8 Å². The fourth-order valence-corrected chi connectivity index (χ4v) is 3.01. The predicted octanol–water partition coefficient (Wildman–Crippen LogP) is 4.70. The summed E-state index contributed by atoms with van der Waals surface area (Å²) < 4.78 is 0. The molecule has 2 atom stereocenters. The lowest BCUT2D eigenvalue weighted by Gasteiger charge is -2.21. The van der Waals surface area contributed by atoms with Gasteiger partial charge in [0.15, 0.2) is 0 Å². The van der Waals surface area contributed by atoms with Crippen molar-refractivity contribution in [2.24, 2.45) is 0 Å². The minimum atomic E-state index is 0.144. The summed E-state index contributed by atoms with van der Waals surface area (Å²) >= 11 is 0. The molecule has 2 unspecified atom stereocenters. The number of aromatic nitrogens is 4. The number of nitrogens with zero attached hydrogens (tertiary/aromatic N) is 4. The second-order valence-corrected chi connectivity index (χ2v) is 6.50. The number of nitrogens with one attached hydrogen (secondary N) is 2. The van der Waals surface area contributed by atoms with E-state index >= 15 is 0 Å². The summed E-state index contributed by atoms with van der Waals surface area (Å²) in [6.07, 6.45) is 11.0. The van der Waals surface area contributed by atoms with Crippen molar-refractivity contribution in [1.82, 2.24) is 19.9 Å². The van der Waals surface area contributed by atoms with Crippen LogP contribution in [0.25, 0.3) is 0 Å². The highest BCUT2D eigenvalue weighted by Gasteiger charge is 2.14. The number of aryl methyl sites for hydroxylation is 1. The predicted molar refractivity (Wildman–Crippen MR) is 109 cm³/mol. The Balaban J connectivity index is 1.79. The zero-order valence-corrected chi connectivity index (χ0v) is 16.1. The van der Waals surface area contributed by atoms with Crippen LogP contribution in [0.15, 0.2) is 55.2 Å². The van der Waals surface area contributed by atoms with Crippen LogP contribution >= 0.6 is 0 Å². The third-order valence-corrected chi connectivity index (χ3v) is 4.62. The Hall–Kier alpha value is -3.02. The third kappa shape index (κ3) is 4.78. The van der Waals surface area contributed by atoms with Gasteiger partial charge in [0.05, 0.1) is 12.1 Å². The van der Waals surface area contributed by atoms with E-state index in [-0.39, 0.29) is 12.1 Å². The number of rotatable bonds is 8. The monoisotopic (exact) mass is 362 g/mol. The van der Waals surface area contributed by atoms with Crippen molar-refractivity contribution < 1.29 is 0 Å². The standard InChI is InChI=1S/C21H26N6/c1-4-18(16-6-10-22-11-7-16)25-20-15(3)14-24-21(27-20)26-19(5-2)17-8-12-23-13-9-17/h6-14,18-19H,4-5H2,1-3H3,(H2,24,25,26,27). The van der Waals surface area contributed by atoms with Crippen LogP contribution in [-0.2, 0) is 0 Å². The minimum absolute atomic E-state index is 0.144. The molecule has 0 saturated carbocycles. The van der Waals surface area contributed by atoms with Crippen molar-refractivity contribution in [3.8, 4) is 0 Å². The molecule has 0 spiro atoms. The molecular formula is C21H26N6. The largest absolute Gasteiger partial charge is 0.363 e. The molecule has 0 radical (unpaired) electrons. The summed E-state index contributed by atoms with van der Waals surface area (Å²) in [6.45, 7) is 6.32. The average Bonchev–Trinajstić information content (AvgIpc) is 2.73. The minimum Gasteiger partial charge on any atom is -0.363 e. The van der Waals surface area contributed by atoms with Gasteiger partial charge in [-0.05, 0) is 55.2 Å².